The van der Waals surface area contributed by atoms with Gasteiger partial charge in [0.05, 0.1) is 19.8 Å². The number of para-hydroxylation sites is 1. The monoisotopic (exact) mass is 355 g/mol. The quantitative estimate of drug-likeness (QED) is 0.748. The van der Waals surface area contributed by atoms with E-state index in [-0.39, 0.29) is 12.5 Å². The number of aliphatic hydroxyl groups is 1. The predicted molar refractivity (Wildman–Crippen MR) is 99.6 cm³/mol. The van der Waals surface area contributed by atoms with Gasteiger partial charge in [-0.2, -0.15) is 0 Å². The average Bonchev–Trinajstić information content (AvgIpc) is 2.67. The van der Waals surface area contributed by atoms with Gasteiger partial charge in [0.15, 0.2) is 0 Å². The van der Waals surface area contributed by atoms with Crippen LogP contribution in [0.1, 0.15) is 42.1 Å². The lowest BCUT2D eigenvalue weighted by atomic mass is 9.88. The molecule has 1 atom stereocenters. The molecule has 2 aromatic carbocycles. The number of amides is 1. The summed E-state index contributed by atoms with van der Waals surface area (Å²) in [5.74, 6) is 1.21. The van der Waals surface area contributed by atoms with Crippen LogP contribution in [0.5, 0.6) is 11.5 Å². The highest BCUT2D eigenvalue weighted by molar-refractivity contribution is 5.94. The van der Waals surface area contributed by atoms with Gasteiger partial charge in [0.25, 0.3) is 5.91 Å². The lowest BCUT2D eigenvalue weighted by molar-refractivity contribution is -0.00160. The second-order valence-corrected chi connectivity index (χ2v) is 6.54. The van der Waals surface area contributed by atoms with Gasteiger partial charge in [-0.1, -0.05) is 31.5 Å². The molecule has 0 aliphatic carbocycles. The van der Waals surface area contributed by atoms with Gasteiger partial charge in [0, 0.05) is 17.5 Å². The third-order valence-corrected chi connectivity index (χ3v) is 4.59. The van der Waals surface area contributed by atoms with E-state index in [1.807, 2.05) is 24.3 Å². The van der Waals surface area contributed by atoms with Gasteiger partial charge >= 0.3 is 0 Å². The van der Waals surface area contributed by atoms with Crippen LogP contribution in [0.25, 0.3) is 0 Å². The summed E-state index contributed by atoms with van der Waals surface area (Å²) in [4.78, 5) is 12.4. The molecule has 1 amide bonds. The van der Waals surface area contributed by atoms with Gasteiger partial charge < -0.3 is 19.9 Å². The first-order valence-corrected chi connectivity index (χ1v) is 9.08. The number of rotatable bonds is 7. The molecule has 26 heavy (non-hydrogen) atoms. The molecule has 5 heteroatoms. The molecule has 0 bridgehead atoms. The van der Waals surface area contributed by atoms with E-state index in [0.29, 0.717) is 36.5 Å². The zero-order chi connectivity index (χ0) is 18.4. The molecule has 5 nitrogen and oxygen atoms in total. The molecular weight excluding hydrogens is 330 g/mol. The fourth-order valence-electron chi connectivity index (χ4n) is 2.99. The Morgan fingerprint density at radius 2 is 2.00 bits per heavy atom. The second-order valence-electron chi connectivity index (χ2n) is 6.54. The zero-order valence-electron chi connectivity index (χ0n) is 15.0. The van der Waals surface area contributed by atoms with Gasteiger partial charge in [-0.25, -0.2) is 0 Å². The molecule has 2 N–H and O–H groups in total. The maximum atomic E-state index is 12.4. The molecule has 138 valence electrons. The second kappa shape index (κ2) is 8.23. The smallest absolute Gasteiger partial charge is 0.251 e. The minimum Gasteiger partial charge on any atom is -0.494 e. The molecule has 0 fully saturated rings. The van der Waals surface area contributed by atoms with E-state index in [1.165, 1.54) is 0 Å². The summed E-state index contributed by atoms with van der Waals surface area (Å²) >= 11 is 0. The SMILES string of the molecule is CCCCOc1ccc(C(=O)NCC2(O)CCOc3ccccc32)cc1. The molecule has 1 aliphatic rings. The first-order chi connectivity index (χ1) is 12.6. The van der Waals surface area contributed by atoms with Crippen LogP contribution in [0, 0.1) is 0 Å². The van der Waals surface area contributed by atoms with E-state index < -0.39 is 5.60 Å². The summed E-state index contributed by atoms with van der Waals surface area (Å²) in [5, 5.41) is 13.8. The predicted octanol–water partition coefficient (Wildman–Crippen LogP) is 3.27. The van der Waals surface area contributed by atoms with Crippen LogP contribution < -0.4 is 14.8 Å². The highest BCUT2D eigenvalue weighted by Crippen LogP contribution is 2.36. The summed E-state index contributed by atoms with van der Waals surface area (Å²) < 4.78 is 11.2. The minimum atomic E-state index is -1.12. The summed E-state index contributed by atoms with van der Waals surface area (Å²) in [7, 11) is 0. The molecule has 1 aliphatic heterocycles. The van der Waals surface area contributed by atoms with Crippen molar-refractivity contribution in [3.8, 4) is 11.5 Å². The van der Waals surface area contributed by atoms with Crippen LogP contribution in [0.4, 0.5) is 0 Å². The number of fused-ring (bicyclic) bond motifs is 1. The first-order valence-electron chi connectivity index (χ1n) is 9.08. The minimum absolute atomic E-state index is 0.140. The van der Waals surface area contributed by atoms with Crippen molar-refractivity contribution in [2.75, 3.05) is 19.8 Å². The Morgan fingerprint density at radius 3 is 2.77 bits per heavy atom. The Bertz CT molecular complexity index is 744. The maximum absolute atomic E-state index is 12.4. The van der Waals surface area contributed by atoms with Crippen LogP contribution in [-0.4, -0.2) is 30.8 Å². The van der Waals surface area contributed by atoms with Crippen molar-refractivity contribution >= 4 is 5.91 Å². The van der Waals surface area contributed by atoms with E-state index in [1.54, 1.807) is 24.3 Å². The summed E-state index contributed by atoms with van der Waals surface area (Å²) in [6.45, 7) is 3.35. The topological polar surface area (TPSA) is 67.8 Å². The summed E-state index contributed by atoms with van der Waals surface area (Å²) in [5.41, 5.74) is 0.135. The Balaban J connectivity index is 1.60. The van der Waals surface area contributed by atoms with Crippen LogP contribution in [0.2, 0.25) is 0 Å². The molecule has 1 heterocycles. The van der Waals surface area contributed by atoms with E-state index in [4.69, 9.17) is 9.47 Å². The number of carbonyl (C=O) groups excluding carboxylic acids is 1. The van der Waals surface area contributed by atoms with Crippen LogP contribution in [0.15, 0.2) is 48.5 Å². The molecule has 0 saturated heterocycles. The third-order valence-electron chi connectivity index (χ3n) is 4.59. The fourth-order valence-corrected chi connectivity index (χ4v) is 2.99. The van der Waals surface area contributed by atoms with Crippen molar-refractivity contribution in [2.24, 2.45) is 0 Å². The van der Waals surface area contributed by atoms with Crippen molar-refractivity contribution in [1.82, 2.24) is 5.32 Å². The van der Waals surface area contributed by atoms with E-state index >= 15 is 0 Å². The standard InChI is InChI=1S/C21H25NO4/c1-2-3-13-25-17-10-8-16(9-11-17)20(23)22-15-21(24)12-14-26-19-7-5-4-6-18(19)21/h4-11,24H,2-3,12-15H2,1H3,(H,22,23). The molecule has 0 aromatic heterocycles. The molecule has 3 rings (SSSR count). The largest absolute Gasteiger partial charge is 0.494 e. The lowest BCUT2D eigenvalue weighted by Crippen LogP contribution is -2.43. The summed E-state index contributed by atoms with van der Waals surface area (Å²) in [6, 6.07) is 14.5. The third kappa shape index (κ3) is 4.17. The zero-order valence-corrected chi connectivity index (χ0v) is 15.0. The molecule has 0 saturated carbocycles. The van der Waals surface area contributed by atoms with Crippen molar-refractivity contribution in [3.63, 3.8) is 0 Å². The number of hydrogen-bond donors (Lipinski definition) is 2. The van der Waals surface area contributed by atoms with Gasteiger partial charge in [0.2, 0.25) is 0 Å². The molecule has 2 aromatic rings. The number of unbranched alkanes of at least 4 members (excludes halogenated alkanes) is 1. The fraction of sp³-hybridized carbons (Fsp3) is 0.381. The Morgan fingerprint density at radius 1 is 1.23 bits per heavy atom. The van der Waals surface area contributed by atoms with Crippen molar-refractivity contribution in [1.29, 1.82) is 0 Å². The first kappa shape index (κ1) is 18.3. The lowest BCUT2D eigenvalue weighted by Gasteiger charge is -2.34. The average molecular weight is 355 g/mol. The molecule has 0 radical (unpaired) electrons. The van der Waals surface area contributed by atoms with Crippen LogP contribution in [0.3, 0.4) is 0 Å². The maximum Gasteiger partial charge on any atom is 0.251 e. The van der Waals surface area contributed by atoms with Crippen LogP contribution >= 0.6 is 0 Å². The summed E-state index contributed by atoms with van der Waals surface area (Å²) in [6.07, 6.45) is 2.53. The Labute approximate surface area is 153 Å². The van der Waals surface area contributed by atoms with Gasteiger partial charge in [-0.15, -0.1) is 0 Å². The highest BCUT2D eigenvalue weighted by atomic mass is 16.5. The van der Waals surface area contributed by atoms with Gasteiger partial charge in [-0.3, -0.25) is 4.79 Å². The van der Waals surface area contributed by atoms with Crippen molar-refractivity contribution in [2.45, 2.75) is 31.8 Å². The van der Waals surface area contributed by atoms with Crippen molar-refractivity contribution < 1.29 is 19.4 Å². The van der Waals surface area contributed by atoms with E-state index in [0.717, 1.165) is 18.6 Å². The Hall–Kier alpha value is -2.53. The van der Waals surface area contributed by atoms with Crippen LogP contribution in [-0.2, 0) is 5.60 Å². The number of carbonyl (C=O) groups is 1. The number of nitrogens with one attached hydrogen (secondary N) is 1. The van der Waals surface area contributed by atoms with E-state index in [9.17, 15) is 9.90 Å². The van der Waals surface area contributed by atoms with Crippen molar-refractivity contribution in [3.05, 3.63) is 59.7 Å². The number of ether oxygens (including phenoxy) is 2. The van der Waals surface area contributed by atoms with E-state index in [2.05, 4.69) is 12.2 Å². The molecule has 0 spiro atoms. The van der Waals surface area contributed by atoms with Gasteiger partial charge in [0.1, 0.15) is 17.1 Å². The normalized spacial score (nSPS) is 18.5. The Kier molecular flexibility index (Phi) is 5.78. The van der Waals surface area contributed by atoms with Gasteiger partial charge in [-0.05, 0) is 36.8 Å². The molecular formula is C21H25NO4. The highest BCUT2D eigenvalue weighted by Gasteiger charge is 2.35. The molecule has 1 unspecified atom stereocenters. The number of benzene rings is 2. The number of hydrogen-bond acceptors (Lipinski definition) is 4.